The van der Waals surface area contributed by atoms with Crippen molar-refractivity contribution in [3.8, 4) is 0 Å². The predicted octanol–water partition coefficient (Wildman–Crippen LogP) is 4.87. The summed E-state index contributed by atoms with van der Waals surface area (Å²) < 4.78 is 1.81. The molecule has 8 nitrogen and oxygen atoms in total. The van der Waals surface area contributed by atoms with Crippen LogP contribution in [-0.2, 0) is 31.5 Å². The molecule has 3 aromatic carbocycles. The lowest BCUT2D eigenvalue weighted by Crippen LogP contribution is -2.73. The molecular formula is C30H31I2N5O3. The van der Waals surface area contributed by atoms with Crippen molar-refractivity contribution in [3.05, 3.63) is 107 Å². The van der Waals surface area contributed by atoms with Gasteiger partial charge in [0.15, 0.2) is 0 Å². The molecule has 10 heteroatoms. The summed E-state index contributed by atoms with van der Waals surface area (Å²) in [5.41, 5.74) is 5.29. The lowest BCUT2D eigenvalue weighted by molar-refractivity contribution is -0.188. The lowest BCUT2D eigenvalue weighted by Gasteiger charge is -2.54. The Morgan fingerprint density at radius 1 is 0.900 bits per heavy atom. The van der Waals surface area contributed by atoms with Crippen molar-refractivity contribution in [1.29, 1.82) is 0 Å². The minimum Gasteiger partial charge on any atom is -0.333 e. The number of likely N-dealkylation sites (N-methyl/N-ethyl adjacent to an activating group) is 1. The van der Waals surface area contributed by atoms with Crippen molar-refractivity contribution >= 4 is 63.0 Å². The van der Waals surface area contributed by atoms with Crippen LogP contribution in [0.15, 0.2) is 78.9 Å². The number of hydrazine groups is 1. The van der Waals surface area contributed by atoms with E-state index in [1.165, 1.54) is 11.1 Å². The number of rotatable bonds is 7. The standard InChI is InChI=1S/C30H31I2N5O3/c1-34-20-27(38)36-26(37(34)30(40)33-17-21-8-4-2-5-9-21)19-35(29(39)28(36)23-10-6-3-7-11-23)18-22-12-13-24(15-31)25(14-22)16-32/h2-14,26,28H,15-20H2,1H3,(H,33,40)/t26-,28-/m0/s1. The molecule has 2 aliphatic heterocycles. The number of nitrogens with one attached hydrogen (secondary N) is 1. The monoisotopic (exact) mass is 763 g/mol. The summed E-state index contributed by atoms with van der Waals surface area (Å²) in [6.07, 6.45) is -0.650. The van der Waals surface area contributed by atoms with Gasteiger partial charge in [-0.1, -0.05) is 124 Å². The average molecular weight is 763 g/mol. The molecule has 2 fully saturated rings. The molecule has 2 aliphatic rings. The van der Waals surface area contributed by atoms with Gasteiger partial charge in [0.1, 0.15) is 12.2 Å². The second-order valence-corrected chi connectivity index (χ2v) is 11.5. The van der Waals surface area contributed by atoms with Crippen LogP contribution in [0.4, 0.5) is 4.79 Å². The first-order valence-electron chi connectivity index (χ1n) is 13.1. The number of hydrogen-bond acceptors (Lipinski definition) is 4. The number of halogens is 2. The van der Waals surface area contributed by atoms with Crippen LogP contribution in [0.2, 0.25) is 0 Å². The number of fused-ring (bicyclic) bond motifs is 1. The van der Waals surface area contributed by atoms with Gasteiger partial charge in [-0.05, 0) is 27.8 Å². The van der Waals surface area contributed by atoms with Crippen LogP contribution >= 0.6 is 45.2 Å². The van der Waals surface area contributed by atoms with E-state index in [1.807, 2.05) is 60.7 Å². The Morgan fingerprint density at radius 3 is 2.25 bits per heavy atom. The summed E-state index contributed by atoms with van der Waals surface area (Å²) in [5, 5.41) is 6.26. The fraction of sp³-hybridized carbons (Fsp3) is 0.300. The first-order chi connectivity index (χ1) is 19.4. The molecule has 3 aromatic rings. The van der Waals surface area contributed by atoms with E-state index in [4.69, 9.17) is 0 Å². The highest BCUT2D eigenvalue weighted by atomic mass is 127. The number of urea groups is 1. The van der Waals surface area contributed by atoms with Gasteiger partial charge in [0.05, 0.1) is 13.1 Å². The van der Waals surface area contributed by atoms with E-state index >= 15 is 0 Å². The molecule has 0 unspecified atom stereocenters. The predicted molar refractivity (Wildman–Crippen MR) is 170 cm³/mol. The lowest BCUT2D eigenvalue weighted by atomic mass is 9.98. The maximum atomic E-state index is 14.1. The van der Waals surface area contributed by atoms with Gasteiger partial charge < -0.3 is 15.1 Å². The van der Waals surface area contributed by atoms with Gasteiger partial charge in [0.2, 0.25) is 5.91 Å². The number of amides is 4. The molecule has 0 aliphatic carbocycles. The zero-order chi connectivity index (χ0) is 28.2. The van der Waals surface area contributed by atoms with E-state index in [0.29, 0.717) is 13.1 Å². The van der Waals surface area contributed by atoms with Crippen molar-refractivity contribution in [2.24, 2.45) is 0 Å². The van der Waals surface area contributed by atoms with Crippen LogP contribution in [0.1, 0.15) is 33.9 Å². The third-order valence-electron chi connectivity index (χ3n) is 7.37. The van der Waals surface area contributed by atoms with Crippen molar-refractivity contribution in [1.82, 2.24) is 25.1 Å². The molecule has 5 rings (SSSR count). The van der Waals surface area contributed by atoms with E-state index in [-0.39, 0.29) is 30.9 Å². The minimum atomic E-state index is -0.816. The number of hydrogen-bond donors (Lipinski definition) is 1. The normalized spacial score (nSPS) is 19.5. The Bertz CT molecular complexity index is 1370. The first kappa shape index (κ1) is 28.8. The first-order valence-corrected chi connectivity index (χ1v) is 16.2. The van der Waals surface area contributed by atoms with Crippen LogP contribution in [0.5, 0.6) is 0 Å². The molecule has 4 amide bonds. The van der Waals surface area contributed by atoms with Gasteiger partial charge >= 0.3 is 6.03 Å². The topological polar surface area (TPSA) is 76.2 Å². The highest BCUT2D eigenvalue weighted by Gasteiger charge is 2.51. The molecular weight excluding hydrogens is 732 g/mol. The molecule has 0 bridgehead atoms. The summed E-state index contributed by atoms with van der Waals surface area (Å²) in [4.78, 5) is 44.6. The van der Waals surface area contributed by atoms with Crippen LogP contribution < -0.4 is 5.32 Å². The van der Waals surface area contributed by atoms with E-state index in [1.54, 1.807) is 26.9 Å². The summed E-state index contributed by atoms with van der Waals surface area (Å²) in [7, 11) is 1.74. The molecule has 0 radical (unpaired) electrons. The number of carbonyl (C=O) groups excluding carboxylic acids is 3. The van der Waals surface area contributed by atoms with E-state index < -0.39 is 12.2 Å². The van der Waals surface area contributed by atoms with Gasteiger partial charge in [-0.15, -0.1) is 0 Å². The maximum absolute atomic E-state index is 14.1. The highest BCUT2D eigenvalue weighted by Crippen LogP contribution is 2.35. The third-order valence-corrected chi connectivity index (χ3v) is 9.02. The summed E-state index contributed by atoms with van der Waals surface area (Å²) >= 11 is 4.74. The third kappa shape index (κ3) is 5.98. The molecule has 0 spiro atoms. The minimum absolute atomic E-state index is 0.00263. The van der Waals surface area contributed by atoms with E-state index in [0.717, 1.165) is 25.5 Å². The van der Waals surface area contributed by atoms with Crippen molar-refractivity contribution < 1.29 is 14.4 Å². The van der Waals surface area contributed by atoms with Gasteiger partial charge in [-0.25, -0.2) is 14.8 Å². The average Bonchev–Trinajstić information content (AvgIpc) is 2.97. The molecule has 0 saturated carbocycles. The number of alkyl halides is 2. The number of benzene rings is 3. The smallest absolute Gasteiger partial charge is 0.333 e. The molecule has 2 atom stereocenters. The Labute approximate surface area is 261 Å². The summed E-state index contributed by atoms with van der Waals surface area (Å²) in [6.45, 7) is 0.972. The Hall–Kier alpha value is -2.71. The molecule has 1 N–H and O–H groups in total. The number of piperazine rings is 1. The Morgan fingerprint density at radius 2 is 1.57 bits per heavy atom. The van der Waals surface area contributed by atoms with Gasteiger partial charge in [-0.3, -0.25) is 9.59 Å². The zero-order valence-electron chi connectivity index (χ0n) is 22.2. The molecule has 2 saturated heterocycles. The Balaban J connectivity index is 1.48. The van der Waals surface area contributed by atoms with Crippen molar-refractivity contribution in [2.45, 2.75) is 34.2 Å². The molecule has 2 heterocycles. The fourth-order valence-electron chi connectivity index (χ4n) is 5.40. The second-order valence-electron chi connectivity index (χ2n) is 9.99. The highest BCUT2D eigenvalue weighted by molar-refractivity contribution is 14.1. The zero-order valence-corrected chi connectivity index (χ0v) is 26.5. The SMILES string of the molecule is CN1CC(=O)N2[C@@H](c3ccccc3)C(=O)N(Cc3ccc(CI)c(CI)c3)C[C@@H]2N1C(=O)NCc1ccccc1. The summed E-state index contributed by atoms with van der Waals surface area (Å²) in [6, 6.07) is 24.3. The largest absolute Gasteiger partial charge is 0.334 e. The van der Waals surface area contributed by atoms with Crippen molar-refractivity contribution in [3.63, 3.8) is 0 Å². The van der Waals surface area contributed by atoms with Gasteiger partial charge in [0.25, 0.3) is 5.91 Å². The fourth-order valence-corrected chi connectivity index (χ4v) is 6.86. The quantitative estimate of drug-likeness (QED) is 0.276. The van der Waals surface area contributed by atoms with Crippen LogP contribution in [0, 0.1) is 0 Å². The number of carbonyl (C=O) groups is 3. The maximum Gasteiger partial charge on any atom is 0.334 e. The second kappa shape index (κ2) is 12.9. The molecule has 40 heavy (non-hydrogen) atoms. The van der Waals surface area contributed by atoms with Gasteiger partial charge in [0, 0.05) is 29.0 Å². The van der Waals surface area contributed by atoms with Crippen molar-refractivity contribution in [2.75, 3.05) is 20.1 Å². The van der Waals surface area contributed by atoms with Crippen LogP contribution in [0.25, 0.3) is 0 Å². The number of nitrogens with zero attached hydrogens (tertiary/aromatic N) is 4. The van der Waals surface area contributed by atoms with E-state index in [9.17, 15) is 14.4 Å². The van der Waals surface area contributed by atoms with Crippen LogP contribution in [0.3, 0.4) is 0 Å². The Kier molecular flexibility index (Phi) is 9.26. The van der Waals surface area contributed by atoms with Gasteiger partial charge in [-0.2, -0.15) is 0 Å². The van der Waals surface area contributed by atoms with E-state index in [2.05, 4.69) is 68.7 Å². The molecule has 208 valence electrons. The summed E-state index contributed by atoms with van der Waals surface area (Å²) in [5.74, 6) is -0.320. The van der Waals surface area contributed by atoms with Crippen LogP contribution in [-0.4, -0.2) is 64.0 Å². The molecule has 0 aromatic heterocycles.